The van der Waals surface area contributed by atoms with Crippen molar-refractivity contribution in [2.45, 2.75) is 64.3 Å². The molecule has 2 rings (SSSR count). The third kappa shape index (κ3) is 3.13. The minimum absolute atomic E-state index is 0.269. The van der Waals surface area contributed by atoms with Gasteiger partial charge >= 0.3 is 0 Å². The van der Waals surface area contributed by atoms with Crippen molar-refractivity contribution in [2.24, 2.45) is 5.92 Å². The van der Waals surface area contributed by atoms with Crippen LogP contribution < -0.4 is 0 Å². The summed E-state index contributed by atoms with van der Waals surface area (Å²) in [4.78, 5) is 0. The molecule has 1 aliphatic carbocycles. The molecule has 1 atom stereocenters. The Morgan fingerprint density at radius 1 is 1.44 bits per heavy atom. The zero-order chi connectivity index (χ0) is 13.0. The van der Waals surface area contributed by atoms with Crippen LogP contribution in [0.4, 0.5) is 0 Å². The third-order valence-corrected chi connectivity index (χ3v) is 4.07. The van der Waals surface area contributed by atoms with E-state index >= 15 is 0 Å². The van der Waals surface area contributed by atoms with Crippen LogP contribution in [-0.2, 0) is 0 Å². The van der Waals surface area contributed by atoms with Crippen molar-refractivity contribution in [3.63, 3.8) is 0 Å². The van der Waals surface area contributed by atoms with Gasteiger partial charge in [0.1, 0.15) is 0 Å². The summed E-state index contributed by atoms with van der Waals surface area (Å²) >= 11 is 0. The van der Waals surface area contributed by atoms with Gasteiger partial charge in [-0.25, -0.2) is 0 Å². The highest BCUT2D eigenvalue weighted by Crippen LogP contribution is 2.33. The smallest absolute Gasteiger partial charge is 0.0651 e. The molecule has 98 valence electrons. The second-order valence-electron chi connectivity index (χ2n) is 5.81. The Bertz CT molecular complexity index is 408. The van der Waals surface area contributed by atoms with Crippen molar-refractivity contribution in [1.82, 2.24) is 9.78 Å². The van der Waals surface area contributed by atoms with E-state index in [1.54, 1.807) is 0 Å². The topological polar surface area (TPSA) is 41.6 Å². The van der Waals surface area contributed by atoms with Crippen molar-refractivity contribution in [3.05, 3.63) is 18.0 Å². The first-order valence-corrected chi connectivity index (χ1v) is 7.11. The average Bonchev–Trinajstić information content (AvgIpc) is 2.99. The Hall–Kier alpha value is -1.30. The first-order valence-electron chi connectivity index (χ1n) is 7.11. The normalized spacial score (nSPS) is 18.1. The molecule has 1 aromatic heterocycles. The summed E-state index contributed by atoms with van der Waals surface area (Å²) < 4.78 is 2.02. The number of rotatable bonds is 5. The first kappa shape index (κ1) is 13.1. The fourth-order valence-corrected chi connectivity index (χ4v) is 2.87. The lowest BCUT2D eigenvalue weighted by Gasteiger charge is -2.18. The largest absolute Gasteiger partial charge is 0.268 e. The van der Waals surface area contributed by atoms with E-state index in [0.717, 1.165) is 12.3 Å². The molecule has 0 bridgehead atoms. The van der Waals surface area contributed by atoms with Gasteiger partial charge in [0.25, 0.3) is 0 Å². The second kappa shape index (κ2) is 6.04. The van der Waals surface area contributed by atoms with Crippen LogP contribution in [0.1, 0.15) is 69.9 Å². The van der Waals surface area contributed by atoms with Gasteiger partial charge in [0.05, 0.1) is 24.7 Å². The summed E-state index contributed by atoms with van der Waals surface area (Å²) in [6.45, 7) is 4.36. The molecule has 1 aliphatic rings. The highest BCUT2D eigenvalue weighted by molar-refractivity contribution is 5.09. The predicted octanol–water partition coefficient (Wildman–Crippen LogP) is 4.04. The van der Waals surface area contributed by atoms with Crippen LogP contribution in [0, 0.1) is 17.2 Å². The molecule has 3 nitrogen and oxygen atoms in total. The van der Waals surface area contributed by atoms with Gasteiger partial charge in [0, 0.05) is 6.20 Å². The summed E-state index contributed by atoms with van der Waals surface area (Å²) in [6.07, 6.45) is 11.2. The molecular weight excluding hydrogens is 222 g/mol. The lowest BCUT2D eigenvalue weighted by molar-refractivity contribution is 0.350. The van der Waals surface area contributed by atoms with Crippen LogP contribution in [0.2, 0.25) is 0 Å². The summed E-state index contributed by atoms with van der Waals surface area (Å²) in [7, 11) is 0. The lowest BCUT2D eigenvalue weighted by atomic mass is 9.97. The fourth-order valence-electron chi connectivity index (χ4n) is 2.87. The van der Waals surface area contributed by atoms with Crippen molar-refractivity contribution >= 4 is 0 Å². The van der Waals surface area contributed by atoms with Gasteiger partial charge in [0.2, 0.25) is 0 Å². The van der Waals surface area contributed by atoms with Gasteiger partial charge in [-0.05, 0) is 23.8 Å². The molecule has 18 heavy (non-hydrogen) atoms. The molecule has 1 saturated carbocycles. The molecule has 1 fully saturated rings. The van der Waals surface area contributed by atoms with E-state index in [-0.39, 0.29) is 6.04 Å². The van der Waals surface area contributed by atoms with E-state index in [0.29, 0.717) is 12.3 Å². The molecule has 0 aliphatic heterocycles. The zero-order valence-corrected chi connectivity index (χ0v) is 11.5. The number of hydrogen-bond acceptors (Lipinski definition) is 2. The third-order valence-electron chi connectivity index (χ3n) is 4.07. The molecule has 0 aromatic carbocycles. The monoisotopic (exact) mass is 245 g/mol. The molecule has 1 heterocycles. The maximum absolute atomic E-state index is 9.00. The van der Waals surface area contributed by atoms with Crippen molar-refractivity contribution < 1.29 is 0 Å². The van der Waals surface area contributed by atoms with Gasteiger partial charge in [-0.2, -0.15) is 10.4 Å². The van der Waals surface area contributed by atoms with Crippen LogP contribution in [0.25, 0.3) is 0 Å². The van der Waals surface area contributed by atoms with Gasteiger partial charge in [-0.1, -0.05) is 39.5 Å². The lowest BCUT2D eigenvalue weighted by Crippen LogP contribution is -2.13. The Morgan fingerprint density at radius 2 is 2.17 bits per heavy atom. The van der Waals surface area contributed by atoms with Crippen LogP contribution in [0.15, 0.2) is 12.4 Å². The summed E-state index contributed by atoms with van der Waals surface area (Å²) in [6, 6.07) is 2.59. The predicted molar refractivity (Wildman–Crippen MR) is 72.2 cm³/mol. The molecule has 0 saturated heterocycles. The Kier molecular flexibility index (Phi) is 4.41. The van der Waals surface area contributed by atoms with Crippen LogP contribution >= 0.6 is 0 Å². The fraction of sp³-hybridized carbons (Fsp3) is 0.733. The molecule has 1 aromatic rings. The molecule has 3 heteroatoms. The van der Waals surface area contributed by atoms with Crippen LogP contribution in [-0.4, -0.2) is 9.78 Å². The minimum atomic E-state index is 0.269. The van der Waals surface area contributed by atoms with E-state index in [9.17, 15) is 0 Å². The quantitative estimate of drug-likeness (QED) is 0.785. The van der Waals surface area contributed by atoms with E-state index < -0.39 is 0 Å². The highest BCUT2D eigenvalue weighted by Gasteiger charge is 2.22. The molecule has 0 radical (unpaired) electrons. The van der Waals surface area contributed by atoms with Gasteiger partial charge in [-0.3, -0.25) is 4.68 Å². The van der Waals surface area contributed by atoms with E-state index in [4.69, 9.17) is 5.26 Å². The summed E-state index contributed by atoms with van der Waals surface area (Å²) in [5.74, 6) is 1.31. The van der Waals surface area contributed by atoms with Crippen molar-refractivity contribution in [1.29, 1.82) is 5.26 Å². The Morgan fingerprint density at radius 3 is 2.72 bits per heavy atom. The van der Waals surface area contributed by atoms with Crippen LogP contribution in [0.5, 0.6) is 0 Å². The maximum atomic E-state index is 9.00. The van der Waals surface area contributed by atoms with E-state index in [2.05, 4.69) is 31.2 Å². The molecule has 0 spiro atoms. The second-order valence-corrected chi connectivity index (χ2v) is 5.81. The number of nitrogens with zero attached hydrogens (tertiary/aromatic N) is 3. The minimum Gasteiger partial charge on any atom is -0.268 e. The maximum Gasteiger partial charge on any atom is 0.0651 e. The highest BCUT2D eigenvalue weighted by atomic mass is 15.3. The Balaban J connectivity index is 2.05. The first-order chi connectivity index (χ1) is 8.70. The average molecular weight is 245 g/mol. The van der Waals surface area contributed by atoms with Crippen LogP contribution in [0.3, 0.4) is 0 Å². The number of nitriles is 1. The van der Waals surface area contributed by atoms with Crippen molar-refractivity contribution in [2.75, 3.05) is 0 Å². The zero-order valence-electron chi connectivity index (χ0n) is 11.5. The number of hydrogen-bond donors (Lipinski definition) is 0. The molecule has 0 amide bonds. The molecule has 1 unspecified atom stereocenters. The van der Waals surface area contributed by atoms with Gasteiger partial charge in [-0.15, -0.1) is 0 Å². The Labute approximate surface area is 110 Å². The summed E-state index contributed by atoms with van der Waals surface area (Å²) in [5, 5.41) is 13.5. The van der Waals surface area contributed by atoms with E-state index in [1.165, 1.54) is 31.2 Å². The van der Waals surface area contributed by atoms with E-state index in [1.807, 2.05) is 10.9 Å². The van der Waals surface area contributed by atoms with Crippen molar-refractivity contribution in [3.8, 4) is 6.07 Å². The molecular formula is C15H23N3. The SMILES string of the molecule is CC(C)c1cnn(C(CC#N)CC2CCCC2)c1. The summed E-state index contributed by atoms with van der Waals surface area (Å²) in [5.41, 5.74) is 1.27. The molecule has 0 N–H and O–H groups in total. The van der Waals surface area contributed by atoms with Gasteiger partial charge < -0.3 is 0 Å². The standard InChI is InChI=1S/C15H23N3/c1-12(2)14-10-17-18(11-14)15(7-8-16)9-13-5-3-4-6-13/h10-13,15H,3-7,9H2,1-2H3. The number of aromatic nitrogens is 2. The van der Waals surface area contributed by atoms with Gasteiger partial charge in [0.15, 0.2) is 0 Å².